The minimum atomic E-state index is -1.28. The quantitative estimate of drug-likeness (QED) is 0.626. The molecule has 2 unspecified atom stereocenters. The lowest BCUT2D eigenvalue weighted by molar-refractivity contribution is -0.384. The summed E-state index contributed by atoms with van der Waals surface area (Å²) in [7, 11) is 0. The van der Waals surface area contributed by atoms with E-state index in [4.69, 9.17) is 5.26 Å². The van der Waals surface area contributed by atoms with Gasteiger partial charge >= 0.3 is 0 Å². The molecule has 8 nitrogen and oxygen atoms in total. The lowest BCUT2D eigenvalue weighted by atomic mass is 10.1. The van der Waals surface area contributed by atoms with Gasteiger partial charge in [0.05, 0.1) is 29.7 Å². The van der Waals surface area contributed by atoms with Gasteiger partial charge in [0.25, 0.3) is 5.69 Å². The molecule has 0 aliphatic carbocycles. The highest BCUT2D eigenvalue weighted by molar-refractivity contribution is 5.51. The van der Waals surface area contributed by atoms with Crippen LogP contribution < -0.4 is 0 Å². The predicted octanol–water partition coefficient (Wildman–Crippen LogP) is 1.09. The first-order valence-corrected chi connectivity index (χ1v) is 6.06. The molecule has 0 bridgehead atoms. The number of hydrogen-bond acceptors (Lipinski definition) is 6. The average Bonchev–Trinajstić information content (AvgIpc) is 2.96. The predicted molar refractivity (Wildman–Crippen MR) is 71.4 cm³/mol. The van der Waals surface area contributed by atoms with Gasteiger partial charge in [-0.15, -0.1) is 0 Å². The molecule has 2 N–H and O–H groups in total. The number of para-hydroxylation sites is 2. The third kappa shape index (κ3) is 3.05. The largest absolute Gasteiger partial charge is 0.389 e. The Morgan fingerprint density at radius 3 is 2.81 bits per heavy atom. The van der Waals surface area contributed by atoms with Crippen LogP contribution in [0, 0.1) is 21.4 Å². The first-order chi connectivity index (χ1) is 10.0. The fraction of sp³-hybridized carbons (Fsp3) is 0.231. The lowest BCUT2D eigenvalue weighted by Crippen LogP contribution is -2.16. The zero-order valence-corrected chi connectivity index (χ0v) is 10.8. The van der Waals surface area contributed by atoms with E-state index in [1.54, 1.807) is 12.1 Å². The summed E-state index contributed by atoms with van der Waals surface area (Å²) < 4.78 is 1.25. The topological polar surface area (TPSA) is 125 Å². The van der Waals surface area contributed by atoms with Crippen LogP contribution in [0.5, 0.6) is 0 Å². The molecule has 1 aromatic carbocycles. The van der Waals surface area contributed by atoms with Crippen LogP contribution in [0.1, 0.15) is 18.1 Å². The maximum absolute atomic E-state index is 11.0. The Hall–Kier alpha value is -2.76. The van der Waals surface area contributed by atoms with Crippen molar-refractivity contribution < 1.29 is 15.1 Å². The molecule has 2 atom stereocenters. The number of aliphatic hydroxyl groups excluding tert-OH is 2. The van der Waals surface area contributed by atoms with Crippen molar-refractivity contribution in [1.29, 1.82) is 5.26 Å². The van der Waals surface area contributed by atoms with E-state index >= 15 is 0 Å². The maximum atomic E-state index is 11.0. The van der Waals surface area contributed by atoms with Gasteiger partial charge in [-0.05, 0) is 6.07 Å². The van der Waals surface area contributed by atoms with Crippen molar-refractivity contribution >= 4 is 5.69 Å². The van der Waals surface area contributed by atoms with Crippen molar-refractivity contribution in [3.05, 3.63) is 52.3 Å². The number of nitro benzene ring substituents is 1. The van der Waals surface area contributed by atoms with E-state index in [1.807, 2.05) is 0 Å². The molecular formula is C13H12N4O4. The highest BCUT2D eigenvalue weighted by atomic mass is 16.6. The van der Waals surface area contributed by atoms with Crippen molar-refractivity contribution in [3.8, 4) is 11.8 Å². The van der Waals surface area contributed by atoms with Gasteiger partial charge in [0, 0.05) is 17.8 Å². The van der Waals surface area contributed by atoms with Crippen LogP contribution >= 0.6 is 0 Å². The Morgan fingerprint density at radius 2 is 2.14 bits per heavy atom. The third-order valence-corrected chi connectivity index (χ3v) is 2.93. The van der Waals surface area contributed by atoms with Gasteiger partial charge in [-0.1, -0.05) is 12.1 Å². The Balaban J connectivity index is 2.33. The molecule has 0 aliphatic rings. The van der Waals surface area contributed by atoms with Gasteiger partial charge in [-0.25, -0.2) is 4.68 Å². The number of aliphatic hydroxyl groups is 2. The zero-order chi connectivity index (χ0) is 15.4. The van der Waals surface area contributed by atoms with E-state index in [1.165, 1.54) is 35.3 Å². The molecule has 108 valence electrons. The van der Waals surface area contributed by atoms with Gasteiger partial charge < -0.3 is 10.2 Å². The summed E-state index contributed by atoms with van der Waals surface area (Å²) in [6.45, 7) is 0. The first-order valence-electron chi connectivity index (χ1n) is 6.06. The van der Waals surface area contributed by atoms with Crippen LogP contribution in [-0.2, 0) is 0 Å². The minimum Gasteiger partial charge on any atom is -0.389 e. The molecular weight excluding hydrogens is 276 g/mol. The fourth-order valence-electron chi connectivity index (χ4n) is 1.86. The molecule has 0 radical (unpaired) electrons. The zero-order valence-electron chi connectivity index (χ0n) is 10.8. The molecule has 0 spiro atoms. The summed E-state index contributed by atoms with van der Waals surface area (Å²) >= 11 is 0. The molecule has 0 amide bonds. The van der Waals surface area contributed by atoms with Crippen LogP contribution in [0.3, 0.4) is 0 Å². The Bertz CT molecular complexity index is 691. The normalized spacial score (nSPS) is 13.4. The van der Waals surface area contributed by atoms with Crippen LogP contribution in [0.15, 0.2) is 36.7 Å². The standard InChI is InChI=1S/C13H12N4O4/c14-6-5-12(18)13(19)9-7-15-16(8-9)10-3-1-2-4-11(10)17(20)21/h1-4,7-8,12-13,18-19H,5H2. The van der Waals surface area contributed by atoms with Gasteiger partial charge in [-0.3, -0.25) is 10.1 Å². The van der Waals surface area contributed by atoms with Crippen molar-refractivity contribution in [2.45, 2.75) is 18.6 Å². The smallest absolute Gasteiger partial charge is 0.294 e. The van der Waals surface area contributed by atoms with Crippen LogP contribution in [0.2, 0.25) is 0 Å². The number of nitro groups is 1. The van der Waals surface area contributed by atoms with Crippen molar-refractivity contribution in [2.24, 2.45) is 0 Å². The SMILES string of the molecule is N#CCC(O)C(O)c1cnn(-c2ccccc2[N+](=O)[O-])c1. The second-order valence-corrected chi connectivity index (χ2v) is 4.34. The summed E-state index contributed by atoms with van der Waals surface area (Å²) in [5, 5.41) is 42.9. The molecule has 2 aromatic rings. The lowest BCUT2D eigenvalue weighted by Gasteiger charge is -2.12. The van der Waals surface area contributed by atoms with Crippen LogP contribution in [-0.4, -0.2) is 31.0 Å². The van der Waals surface area contributed by atoms with E-state index in [2.05, 4.69) is 5.10 Å². The highest BCUT2D eigenvalue weighted by Gasteiger charge is 2.21. The number of benzene rings is 1. The fourth-order valence-corrected chi connectivity index (χ4v) is 1.86. The van der Waals surface area contributed by atoms with Crippen molar-refractivity contribution in [3.63, 3.8) is 0 Å². The summed E-state index contributed by atoms with van der Waals surface area (Å²) in [5.74, 6) is 0. The van der Waals surface area contributed by atoms with E-state index < -0.39 is 17.1 Å². The number of rotatable bonds is 5. The Morgan fingerprint density at radius 1 is 1.43 bits per heavy atom. The van der Waals surface area contributed by atoms with E-state index in [0.29, 0.717) is 0 Å². The molecule has 1 heterocycles. The minimum absolute atomic E-state index is 0.126. The first kappa shape index (κ1) is 14.6. The average molecular weight is 288 g/mol. The second-order valence-electron chi connectivity index (χ2n) is 4.34. The molecule has 2 rings (SSSR count). The highest BCUT2D eigenvalue weighted by Crippen LogP contribution is 2.24. The molecule has 0 saturated carbocycles. The van der Waals surface area contributed by atoms with Gasteiger partial charge in [0.2, 0.25) is 0 Å². The Labute approximate surface area is 119 Å². The molecule has 0 saturated heterocycles. The monoisotopic (exact) mass is 288 g/mol. The van der Waals surface area contributed by atoms with Crippen LogP contribution in [0.4, 0.5) is 5.69 Å². The molecule has 8 heteroatoms. The number of nitrogens with zero attached hydrogens (tertiary/aromatic N) is 4. The third-order valence-electron chi connectivity index (χ3n) is 2.93. The summed E-state index contributed by atoms with van der Waals surface area (Å²) in [5.41, 5.74) is 0.394. The maximum Gasteiger partial charge on any atom is 0.294 e. The summed E-state index contributed by atoms with van der Waals surface area (Å²) in [4.78, 5) is 10.4. The second kappa shape index (κ2) is 6.13. The van der Waals surface area contributed by atoms with E-state index in [0.717, 1.165) is 0 Å². The van der Waals surface area contributed by atoms with Crippen molar-refractivity contribution in [1.82, 2.24) is 9.78 Å². The number of aromatic nitrogens is 2. The molecule has 1 aromatic heterocycles. The Kier molecular flexibility index (Phi) is 4.27. The number of hydrogen-bond donors (Lipinski definition) is 2. The number of nitriles is 1. The molecule has 21 heavy (non-hydrogen) atoms. The van der Waals surface area contributed by atoms with E-state index in [-0.39, 0.29) is 23.4 Å². The summed E-state index contributed by atoms with van der Waals surface area (Å²) in [6.07, 6.45) is -0.0625. The molecule has 0 aliphatic heterocycles. The van der Waals surface area contributed by atoms with Crippen LogP contribution in [0.25, 0.3) is 5.69 Å². The molecule has 0 fully saturated rings. The van der Waals surface area contributed by atoms with E-state index in [9.17, 15) is 20.3 Å². The van der Waals surface area contributed by atoms with Crippen molar-refractivity contribution in [2.75, 3.05) is 0 Å². The van der Waals surface area contributed by atoms with Gasteiger partial charge in [-0.2, -0.15) is 10.4 Å². The summed E-state index contributed by atoms with van der Waals surface area (Å²) in [6, 6.07) is 7.79. The van der Waals surface area contributed by atoms with Gasteiger partial charge in [0.15, 0.2) is 0 Å². The van der Waals surface area contributed by atoms with Gasteiger partial charge in [0.1, 0.15) is 11.8 Å².